The van der Waals surface area contributed by atoms with Crippen LogP contribution in [0.5, 0.6) is 11.5 Å². The molecule has 2 heterocycles. The van der Waals surface area contributed by atoms with E-state index < -0.39 is 23.1 Å². The number of nitrogens with one attached hydrogen (secondary N) is 2. The van der Waals surface area contributed by atoms with Gasteiger partial charge in [-0.15, -0.1) is 21.5 Å². The van der Waals surface area contributed by atoms with Gasteiger partial charge >= 0.3 is 11.9 Å². The number of rotatable bonds is 16. The number of thiophene rings is 1. The van der Waals surface area contributed by atoms with E-state index in [1.54, 1.807) is 45.9 Å². The number of methoxy groups -OCH3 is 2. The van der Waals surface area contributed by atoms with Gasteiger partial charge in [0.15, 0.2) is 22.5 Å². The molecule has 3 aromatic rings. The third kappa shape index (κ3) is 8.75. The lowest BCUT2D eigenvalue weighted by molar-refractivity contribution is -0.115. The molecular formula is C30H39N5O8S2. The van der Waals surface area contributed by atoms with Gasteiger partial charge in [-0.1, -0.05) is 25.1 Å². The van der Waals surface area contributed by atoms with Gasteiger partial charge in [0.1, 0.15) is 9.88 Å². The molecule has 0 bridgehead atoms. The maximum absolute atomic E-state index is 13.3. The van der Waals surface area contributed by atoms with Crippen LogP contribution in [0.4, 0.5) is 5.00 Å². The molecule has 1 unspecified atom stereocenters. The first-order valence-corrected chi connectivity index (χ1v) is 16.2. The van der Waals surface area contributed by atoms with Crippen molar-refractivity contribution in [2.24, 2.45) is 0 Å². The molecule has 0 spiro atoms. The number of unbranched alkanes of at least 4 members (excludes halogenated alkanes) is 1. The van der Waals surface area contributed by atoms with E-state index in [0.29, 0.717) is 40.2 Å². The fraction of sp³-hybridized carbons (Fsp3) is 0.467. The third-order valence-electron chi connectivity index (χ3n) is 6.56. The zero-order valence-electron chi connectivity index (χ0n) is 26.5. The second kappa shape index (κ2) is 16.8. The lowest BCUT2D eigenvalue weighted by Crippen LogP contribution is -2.25. The average molecular weight is 662 g/mol. The number of hydrogen-bond donors (Lipinski definition) is 2. The molecule has 0 aliphatic heterocycles. The van der Waals surface area contributed by atoms with Crippen LogP contribution in [0.25, 0.3) is 0 Å². The molecule has 45 heavy (non-hydrogen) atoms. The molecule has 0 fully saturated rings. The van der Waals surface area contributed by atoms with Gasteiger partial charge in [0.25, 0.3) is 5.91 Å². The summed E-state index contributed by atoms with van der Waals surface area (Å²) < 4.78 is 22.7. The van der Waals surface area contributed by atoms with Crippen LogP contribution in [0.1, 0.15) is 82.3 Å². The Morgan fingerprint density at radius 3 is 2.33 bits per heavy atom. The second-order valence-corrected chi connectivity index (χ2v) is 11.9. The van der Waals surface area contributed by atoms with Crippen LogP contribution in [0, 0.1) is 6.92 Å². The number of hydrogen-bond acceptors (Lipinski definition) is 12. The zero-order chi connectivity index (χ0) is 33.1. The average Bonchev–Trinajstić information content (AvgIpc) is 3.57. The highest BCUT2D eigenvalue weighted by molar-refractivity contribution is 8.00. The van der Waals surface area contributed by atoms with Crippen molar-refractivity contribution in [1.29, 1.82) is 0 Å². The number of carbonyl (C=O) groups excluding carboxylic acids is 4. The fourth-order valence-corrected chi connectivity index (χ4v) is 6.17. The van der Waals surface area contributed by atoms with Gasteiger partial charge in [-0.25, -0.2) is 9.59 Å². The summed E-state index contributed by atoms with van der Waals surface area (Å²) in [5.74, 6) is -0.473. The Hall–Kier alpha value is -4.11. The molecule has 0 saturated carbocycles. The fourth-order valence-electron chi connectivity index (χ4n) is 4.18. The zero-order valence-corrected chi connectivity index (χ0v) is 28.1. The molecule has 244 valence electrons. The highest BCUT2D eigenvalue weighted by Gasteiger charge is 2.29. The van der Waals surface area contributed by atoms with Crippen LogP contribution in [0.15, 0.2) is 23.4 Å². The van der Waals surface area contributed by atoms with E-state index >= 15 is 0 Å². The van der Waals surface area contributed by atoms with Crippen molar-refractivity contribution in [1.82, 2.24) is 20.1 Å². The van der Waals surface area contributed by atoms with Crippen LogP contribution in [-0.4, -0.2) is 71.2 Å². The van der Waals surface area contributed by atoms with E-state index in [-0.39, 0.29) is 41.1 Å². The van der Waals surface area contributed by atoms with E-state index in [4.69, 9.17) is 18.9 Å². The Kier molecular flexibility index (Phi) is 13.2. The van der Waals surface area contributed by atoms with E-state index in [2.05, 4.69) is 27.8 Å². The first-order chi connectivity index (χ1) is 21.6. The smallest absolute Gasteiger partial charge is 0.348 e. The molecule has 1 aromatic carbocycles. The predicted octanol–water partition coefficient (Wildman–Crippen LogP) is 4.87. The minimum absolute atomic E-state index is 0.110. The molecule has 2 N–H and O–H groups in total. The third-order valence-corrected chi connectivity index (χ3v) is 8.82. The van der Waals surface area contributed by atoms with Crippen molar-refractivity contribution in [2.45, 2.75) is 71.0 Å². The topological polar surface area (TPSA) is 160 Å². The van der Waals surface area contributed by atoms with E-state index in [9.17, 15) is 19.2 Å². The number of carbonyl (C=O) groups is 4. The lowest BCUT2D eigenvalue weighted by Gasteiger charge is -2.14. The van der Waals surface area contributed by atoms with Crippen LogP contribution in [-0.2, 0) is 27.4 Å². The summed E-state index contributed by atoms with van der Waals surface area (Å²) in [6, 6.07) is 4.89. The van der Waals surface area contributed by atoms with E-state index in [1.807, 2.05) is 4.57 Å². The van der Waals surface area contributed by atoms with E-state index in [1.165, 1.54) is 26.0 Å². The number of amides is 2. The van der Waals surface area contributed by atoms with Crippen LogP contribution < -0.4 is 20.1 Å². The van der Waals surface area contributed by atoms with Crippen molar-refractivity contribution in [3.63, 3.8) is 0 Å². The van der Waals surface area contributed by atoms with Gasteiger partial charge in [0, 0.05) is 12.1 Å². The molecule has 2 amide bonds. The maximum Gasteiger partial charge on any atom is 0.348 e. The minimum atomic E-state index is -0.660. The molecule has 1 atom stereocenters. The number of nitrogens with zero attached hydrogens (tertiary/aromatic N) is 3. The predicted molar refractivity (Wildman–Crippen MR) is 171 cm³/mol. The lowest BCUT2D eigenvalue weighted by atomic mass is 10.1. The molecular weight excluding hydrogens is 622 g/mol. The number of ether oxygens (including phenoxy) is 4. The Morgan fingerprint density at radius 2 is 1.69 bits per heavy atom. The summed E-state index contributed by atoms with van der Waals surface area (Å²) in [7, 11) is 3.02. The molecule has 0 aliphatic rings. The Morgan fingerprint density at radius 1 is 1.00 bits per heavy atom. The molecule has 2 aromatic heterocycles. The van der Waals surface area contributed by atoms with Gasteiger partial charge < -0.3 is 34.1 Å². The van der Waals surface area contributed by atoms with E-state index in [0.717, 1.165) is 24.2 Å². The number of benzene rings is 1. The van der Waals surface area contributed by atoms with Crippen molar-refractivity contribution >= 4 is 51.9 Å². The van der Waals surface area contributed by atoms with Gasteiger partial charge in [0.05, 0.1) is 44.8 Å². The number of aromatic nitrogens is 3. The Labute approximate surface area is 270 Å². The normalized spacial score (nSPS) is 11.4. The number of thioether (sulfide) groups is 1. The summed E-state index contributed by atoms with van der Waals surface area (Å²) >= 11 is 2.16. The minimum Gasteiger partial charge on any atom is -0.493 e. The van der Waals surface area contributed by atoms with Gasteiger partial charge in [-0.3, -0.25) is 9.59 Å². The highest BCUT2D eigenvalue weighted by atomic mass is 32.2. The monoisotopic (exact) mass is 661 g/mol. The highest BCUT2D eigenvalue weighted by Crippen LogP contribution is 2.35. The first kappa shape index (κ1) is 35.4. The summed E-state index contributed by atoms with van der Waals surface area (Å²) in [4.78, 5) is 51.7. The summed E-state index contributed by atoms with van der Waals surface area (Å²) in [5, 5.41) is 14.3. The summed E-state index contributed by atoms with van der Waals surface area (Å²) in [5.41, 5.74) is 0.893. The molecule has 3 rings (SSSR count). The molecule has 15 heteroatoms. The first-order valence-electron chi connectivity index (χ1n) is 14.5. The van der Waals surface area contributed by atoms with Crippen molar-refractivity contribution in [2.75, 3.05) is 32.8 Å². The van der Waals surface area contributed by atoms with Crippen molar-refractivity contribution < 1.29 is 38.1 Å². The standard InChI is InChI=1S/C30H39N5O8S2/c1-8-11-14-35-22(16-31-26(37)19-12-13-20(40-6)21(15-19)41-7)33-34-30(35)44-18(5)25(36)32-27-23(28(38)42-9-2)17(4)24(45-27)29(39)43-10-3/h12-13,15,18H,8-11,14,16H2,1-7H3,(H,31,37)(H,32,36). The number of esters is 2. The van der Waals surface area contributed by atoms with Gasteiger partial charge in [-0.05, 0) is 57.9 Å². The van der Waals surface area contributed by atoms with Gasteiger partial charge in [0.2, 0.25) is 5.91 Å². The van der Waals surface area contributed by atoms with Crippen molar-refractivity contribution in [3.05, 3.63) is 45.6 Å². The maximum atomic E-state index is 13.3. The quantitative estimate of drug-likeness (QED) is 0.159. The number of anilines is 1. The Balaban J connectivity index is 1.77. The summed E-state index contributed by atoms with van der Waals surface area (Å²) in [6.45, 7) is 9.73. The second-order valence-electron chi connectivity index (χ2n) is 9.61. The molecule has 13 nitrogen and oxygen atoms in total. The Bertz CT molecular complexity index is 1520. The summed E-state index contributed by atoms with van der Waals surface area (Å²) in [6.07, 6.45) is 1.74. The van der Waals surface area contributed by atoms with Crippen LogP contribution in [0.2, 0.25) is 0 Å². The van der Waals surface area contributed by atoms with Gasteiger partial charge in [-0.2, -0.15) is 0 Å². The molecule has 0 radical (unpaired) electrons. The molecule has 0 aliphatic carbocycles. The largest absolute Gasteiger partial charge is 0.493 e. The van der Waals surface area contributed by atoms with Crippen LogP contribution >= 0.6 is 23.1 Å². The van der Waals surface area contributed by atoms with Crippen molar-refractivity contribution in [3.8, 4) is 11.5 Å². The molecule has 0 saturated heterocycles. The van der Waals surface area contributed by atoms with Crippen LogP contribution in [0.3, 0.4) is 0 Å². The SMILES string of the molecule is CCCCn1c(CNC(=O)c2ccc(OC)c(OC)c2)nnc1SC(C)C(=O)Nc1sc(C(=O)OCC)c(C)c1C(=O)OCC.